The van der Waals surface area contributed by atoms with Gasteiger partial charge in [0.2, 0.25) is 0 Å². The first kappa shape index (κ1) is 23.3. The van der Waals surface area contributed by atoms with Gasteiger partial charge in [-0.15, -0.1) is 0 Å². The van der Waals surface area contributed by atoms with Gasteiger partial charge in [-0.3, -0.25) is 9.59 Å². The normalized spacial score (nSPS) is 28.9. The van der Waals surface area contributed by atoms with Crippen LogP contribution in [0, 0.1) is 17.8 Å². The average Bonchev–Trinajstić information content (AvgIpc) is 3.03. The molecule has 5 unspecified atom stereocenters. The summed E-state index contributed by atoms with van der Waals surface area (Å²) in [6.07, 6.45) is 10.3. The fourth-order valence-corrected chi connectivity index (χ4v) is 5.66. The van der Waals surface area contributed by atoms with Gasteiger partial charge in [-0.25, -0.2) is 0 Å². The summed E-state index contributed by atoms with van der Waals surface area (Å²) >= 11 is 0. The van der Waals surface area contributed by atoms with E-state index in [0.29, 0.717) is 18.6 Å². The number of hydrogen-bond acceptors (Lipinski definition) is 4. The average molecular weight is 409 g/mol. The van der Waals surface area contributed by atoms with Gasteiger partial charge in [0.1, 0.15) is 11.9 Å². The Morgan fingerprint density at radius 1 is 1.29 bits per heavy atom. The molecule has 0 N–H and O–H groups in total. The summed E-state index contributed by atoms with van der Waals surface area (Å²) < 4.78 is 12.2. The molecule has 2 rings (SSSR count). The van der Waals surface area contributed by atoms with Crippen LogP contribution in [0.1, 0.15) is 73.1 Å². The summed E-state index contributed by atoms with van der Waals surface area (Å²) in [5.41, 5.74) is 0. The van der Waals surface area contributed by atoms with E-state index in [-0.39, 0.29) is 41.0 Å². The maximum Gasteiger partial charge on any atom is 0.302 e. The van der Waals surface area contributed by atoms with Crippen molar-refractivity contribution in [1.82, 2.24) is 0 Å². The molecule has 28 heavy (non-hydrogen) atoms. The van der Waals surface area contributed by atoms with Gasteiger partial charge in [-0.1, -0.05) is 59.1 Å². The first-order valence-corrected chi connectivity index (χ1v) is 13.9. The summed E-state index contributed by atoms with van der Waals surface area (Å²) in [5, 5.41) is 0.173. The smallest absolute Gasteiger partial charge is 0.302 e. The first-order chi connectivity index (χ1) is 13.0. The van der Waals surface area contributed by atoms with E-state index in [1.807, 2.05) is 0 Å². The van der Waals surface area contributed by atoms with E-state index >= 15 is 0 Å². The molecule has 2 fully saturated rings. The van der Waals surface area contributed by atoms with E-state index < -0.39 is 8.32 Å². The van der Waals surface area contributed by atoms with E-state index in [9.17, 15) is 9.59 Å². The predicted molar refractivity (Wildman–Crippen MR) is 116 cm³/mol. The van der Waals surface area contributed by atoms with Gasteiger partial charge >= 0.3 is 5.97 Å². The van der Waals surface area contributed by atoms with E-state index in [2.05, 4.69) is 52.9 Å². The number of ketones is 1. The second kappa shape index (κ2) is 9.25. The highest BCUT2D eigenvalue weighted by molar-refractivity contribution is 6.74. The van der Waals surface area contributed by atoms with Crippen LogP contribution < -0.4 is 0 Å². The molecule has 0 spiro atoms. The van der Waals surface area contributed by atoms with Crippen LogP contribution in [0.4, 0.5) is 0 Å². The number of carbonyl (C=O) groups is 2. The third-order valence-corrected chi connectivity index (χ3v) is 11.5. The fraction of sp³-hybridized carbons (Fsp3) is 0.826. The Kier molecular flexibility index (Phi) is 7.71. The largest absolute Gasteiger partial charge is 0.462 e. The Bertz CT molecular complexity index is 590. The molecular weight excluding hydrogens is 368 g/mol. The number of rotatable bonds is 9. The number of allylic oxidation sites excluding steroid dienone is 1. The van der Waals surface area contributed by atoms with Crippen molar-refractivity contribution in [3.8, 4) is 0 Å². The third-order valence-electron chi connectivity index (χ3n) is 6.98. The van der Waals surface area contributed by atoms with E-state index in [0.717, 1.165) is 12.8 Å². The first-order valence-electron chi connectivity index (χ1n) is 11.0. The molecule has 160 valence electrons. The van der Waals surface area contributed by atoms with Crippen molar-refractivity contribution in [3.63, 3.8) is 0 Å². The summed E-state index contributed by atoms with van der Waals surface area (Å²) in [7, 11) is -1.86. The standard InChI is InChI=1S/C23H40O4Si/c1-8-9-10-11-17(27-28(6,7)23(3,4)5)12-13-18-19-15-22(26-16(2)24)20(18)14-21(19)25/h12-13,17-20,22H,8-11,14-15H2,1-7H3. The van der Waals surface area contributed by atoms with E-state index in [1.54, 1.807) is 0 Å². The minimum atomic E-state index is -1.86. The van der Waals surface area contributed by atoms with Crippen molar-refractivity contribution in [3.05, 3.63) is 12.2 Å². The van der Waals surface area contributed by atoms with Gasteiger partial charge in [0.05, 0.1) is 6.10 Å². The molecule has 0 amide bonds. The van der Waals surface area contributed by atoms with Crippen molar-refractivity contribution in [2.75, 3.05) is 0 Å². The number of fused-ring (bicyclic) bond motifs is 2. The van der Waals surface area contributed by atoms with Gasteiger partial charge < -0.3 is 9.16 Å². The van der Waals surface area contributed by atoms with Crippen LogP contribution in [0.5, 0.6) is 0 Å². The lowest BCUT2D eigenvalue weighted by Gasteiger charge is -2.38. The zero-order valence-corrected chi connectivity index (χ0v) is 19.9. The van der Waals surface area contributed by atoms with Crippen molar-refractivity contribution >= 4 is 20.1 Å². The quantitative estimate of drug-likeness (QED) is 0.213. The molecule has 2 aliphatic carbocycles. The number of unbranched alkanes of at least 4 members (excludes halogenated alkanes) is 2. The van der Waals surface area contributed by atoms with Crippen molar-refractivity contribution in [2.45, 2.75) is 103 Å². The lowest BCUT2D eigenvalue weighted by atomic mass is 9.95. The zero-order valence-electron chi connectivity index (χ0n) is 18.9. The molecule has 0 aromatic heterocycles. The molecule has 2 bridgehead atoms. The lowest BCUT2D eigenvalue weighted by Crippen LogP contribution is -2.43. The predicted octanol–water partition coefficient (Wildman–Crippen LogP) is 5.67. The lowest BCUT2D eigenvalue weighted by molar-refractivity contribution is -0.150. The molecule has 0 aromatic carbocycles. The molecule has 0 heterocycles. The number of ether oxygens (including phenoxy) is 1. The molecule has 2 aliphatic rings. The molecule has 0 aromatic rings. The Morgan fingerprint density at radius 3 is 2.54 bits per heavy atom. The van der Waals surface area contributed by atoms with Crippen LogP contribution in [-0.2, 0) is 18.8 Å². The van der Waals surface area contributed by atoms with Gasteiger partial charge in [0.15, 0.2) is 8.32 Å². The van der Waals surface area contributed by atoms with Crippen molar-refractivity contribution in [1.29, 1.82) is 0 Å². The van der Waals surface area contributed by atoms with Crippen LogP contribution in [0.15, 0.2) is 12.2 Å². The highest BCUT2D eigenvalue weighted by atomic mass is 28.4. The molecule has 0 saturated heterocycles. The Balaban J connectivity index is 2.10. The Labute approximate surface area is 172 Å². The molecule has 5 heteroatoms. The van der Waals surface area contributed by atoms with Gasteiger partial charge in [0.25, 0.3) is 0 Å². The molecule has 2 saturated carbocycles. The van der Waals surface area contributed by atoms with Gasteiger partial charge in [0, 0.05) is 25.2 Å². The van der Waals surface area contributed by atoms with Crippen LogP contribution in [0.25, 0.3) is 0 Å². The minimum absolute atomic E-state index is 0.00904. The van der Waals surface area contributed by atoms with Gasteiger partial charge in [-0.2, -0.15) is 0 Å². The van der Waals surface area contributed by atoms with E-state index in [4.69, 9.17) is 9.16 Å². The second-order valence-corrected chi connectivity index (χ2v) is 15.0. The monoisotopic (exact) mass is 408 g/mol. The number of hydrogen-bond donors (Lipinski definition) is 0. The van der Waals surface area contributed by atoms with Crippen LogP contribution in [0.3, 0.4) is 0 Å². The third kappa shape index (κ3) is 5.56. The van der Waals surface area contributed by atoms with E-state index in [1.165, 1.54) is 19.8 Å². The molecule has 0 radical (unpaired) electrons. The van der Waals surface area contributed by atoms with Crippen LogP contribution in [-0.4, -0.2) is 32.3 Å². The number of esters is 1. The maximum absolute atomic E-state index is 12.3. The van der Waals surface area contributed by atoms with Crippen molar-refractivity contribution < 1.29 is 18.8 Å². The molecule has 0 aliphatic heterocycles. The fourth-order valence-electron chi connectivity index (χ4n) is 4.35. The highest BCUT2D eigenvalue weighted by Gasteiger charge is 2.53. The Hall–Kier alpha value is -0.943. The summed E-state index contributed by atoms with van der Waals surface area (Å²) in [6.45, 7) is 15.1. The van der Waals surface area contributed by atoms with Crippen molar-refractivity contribution in [2.24, 2.45) is 17.8 Å². The zero-order chi connectivity index (χ0) is 21.1. The summed E-state index contributed by atoms with van der Waals surface area (Å²) in [6, 6.07) is 0. The SMILES string of the molecule is CCCCCC(C=CC1C2CC(OC(C)=O)C1CC2=O)O[Si](C)(C)C(C)(C)C. The van der Waals surface area contributed by atoms with Gasteiger partial charge in [-0.05, 0) is 36.9 Å². The summed E-state index contributed by atoms with van der Waals surface area (Å²) in [4.78, 5) is 23.7. The van der Waals surface area contributed by atoms with Crippen LogP contribution >= 0.6 is 0 Å². The van der Waals surface area contributed by atoms with Crippen LogP contribution in [0.2, 0.25) is 18.1 Å². The number of carbonyl (C=O) groups excluding carboxylic acids is 2. The minimum Gasteiger partial charge on any atom is -0.462 e. The Morgan fingerprint density at radius 2 is 1.96 bits per heavy atom. The maximum atomic E-state index is 12.3. The molecular formula is C23H40O4Si. The molecule has 4 nitrogen and oxygen atoms in total. The number of Topliss-reactive ketones (excluding diaryl/α,β-unsaturated/α-hetero) is 1. The topological polar surface area (TPSA) is 52.6 Å². The second-order valence-electron chi connectivity index (χ2n) is 10.2. The molecule has 5 atom stereocenters. The summed E-state index contributed by atoms with van der Waals surface area (Å²) in [5.74, 6) is 0.424. The highest BCUT2D eigenvalue weighted by Crippen LogP contribution is 2.49.